The molecule has 5 rings (SSSR count). The molecule has 2 aliphatic rings. The lowest BCUT2D eigenvalue weighted by Crippen LogP contribution is -2.50. The summed E-state index contributed by atoms with van der Waals surface area (Å²) in [5, 5.41) is 15.3. The van der Waals surface area contributed by atoms with E-state index >= 15 is 0 Å². The number of aryl methyl sites for hydroxylation is 1. The maximum atomic E-state index is 6.45. The Morgan fingerprint density at radius 2 is 2.31 bits per heavy atom. The van der Waals surface area contributed by atoms with Crippen LogP contribution in [-0.4, -0.2) is 54.3 Å². The molecule has 2 aliphatic heterocycles. The second-order valence-electron chi connectivity index (χ2n) is 8.11. The topological polar surface area (TPSA) is 84.8 Å². The average Bonchev–Trinajstić information content (AvgIpc) is 3.46. The van der Waals surface area contributed by atoms with Gasteiger partial charge < -0.3 is 4.74 Å². The first-order valence-corrected chi connectivity index (χ1v) is 11.2. The molecule has 2 atom stereocenters. The van der Waals surface area contributed by atoms with Crippen LogP contribution in [-0.2, 0) is 36.3 Å². The van der Waals surface area contributed by atoms with E-state index < -0.39 is 0 Å². The van der Waals surface area contributed by atoms with E-state index in [9.17, 15) is 0 Å². The van der Waals surface area contributed by atoms with Gasteiger partial charge in [0, 0.05) is 35.3 Å². The van der Waals surface area contributed by atoms with Gasteiger partial charge in [-0.25, -0.2) is 9.67 Å². The van der Waals surface area contributed by atoms with Crippen LogP contribution in [0.15, 0.2) is 18.6 Å². The van der Waals surface area contributed by atoms with E-state index in [-0.39, 0.29) is 5.60 Å². The van der Waals surface area contributed by atoms with Gasteiger partial charge in [0.15, 0.2) is 0 Å². The van der Waals surface area contributed by atoms with Crippen molar-refractivity contribution >= 4 is 11.3 Å². The second kappa shape index (κ2) is 7.62. The summed E-state index contributed by atoms with van der Waals surface area (Å²) in [6.45, 7) is 7.77. The smallest absolute Gasteiger partial charge is 0.146 e. The summed E-state index contributed by atoms with van der Waals surface area (Å²) in [4.78, 5) is 9.67. The Morgan fingerprint density at radius 1 is 1.38 bits per heavy atom. The van der Waals surface area contributed by atoms with Gasteiger partial charge in [0.1, 0.15) is 18.7 Å². The summed E-state index contributed by atoms with van der Waals surface area (Å²) in [6.07, 6.45) is 7.76. The largest absolute Gasteiger partial charge is 0.370 e. The minimum atomic E-state index is -0.0999. The molecule has 1 fully saturated rings. The molecule has 0 amide bonds. The fraction of sp³-hybridized carbons (Fsp3) is 0.600. The molecule has 1 saturated heterocycles. The zero-order chi connectivity index (χ0) is 19.8. The lowest BCUT2D eigenvalue weighted by atomic mass is 9.79. The van der Waals surface area contributed by atoms with E-state index in [4.69, 9.17) is 4.74 Å². The molecule has 0 radical (unpaired) electrons. The van der Waals surface area contributed by atoms with Crippen LogP contribution in [0.1, 0.15) is 53.5 Å². The van der Waals surface area contributed by atoms with Gasteiger partial charge in [0.25, 0.3) is 0 Å². The third-order valence-corrected chi connectivity index (χ3v) is 7.53. The number of aromatic amines is 1. The summed E-state index contributed by atoms with van der Waals surface area (Å²) < 4.78 is 8.26. The zero-order valence-electron chi connectivity index (χ0n) is 17.0. The molecule has 8 nitrogen and oxygen atoms in total. The van der Waals surface area contributed by atoms with Crippen molar-refractivity contribution in [3.05, 3.63) is 45.4 Å². The van der Waals surface area contributed by atoms with Gasteiger partial charge in [-0.15, -0.1) is 16.4 Å². The first-order chi connectivity index (χ1) is 14.1. The first kappa shape index (κ1) is 18.9. The molecule has 5 heterocycles. The van der Waals surface area contributed by atoms with Crippen molar-refractivity contribution in [3.63, 3.8) is 0 Å². The summed E-state index contributed by atoms with van der Waals surface area (Å²) in [7, 11) is 0. The number of nitrogens with zero attached hydrogens (tertiary/aromatic N) is 6. The van der Waals surface area contributed by atoms with Crippen LogP contribution in [0, 0.1) is 0 Å². The predicted molar refractivity (Wildman–Crippen MR) is 110 cm³/mol. The predicted octanol–water partition coefficient (Wildman–Crippen LogP) is 2.52. The molecule has 154 valence electrons. The number of thiophene rings is 1. The molecule has 0 unspecified atom stereocenters. The van der Waals surface area contributed by atoms with Crippen LogP contribution in [0.25, 0.3) is 0 Å². The van der Waals surface area contributed by atoms with Gasteiger partial charge in [-0.1, -0.05) is 12.1 Å². The molecule has 3 aromatic heterocycles. The third-order valence-electron chi connectivity index (χ3n) is 6.19. The van der Waals surface area contributed by atoms with Gasteiger partial charge in [0.2, 0.25) is 0 Å². The highest BCUT2D eigenvalue weighted by atomic mass is 32.1. The number of likely N-dealkylation sites (tertiary alicyclic amines) is 1. The summed E-state index contributed by atoms with van der Waals surface area (Å²) in [6, 6.07) is 2.84. The highest BCUT2D eigenvalue weighted by Crippen LogP contribution is 2.46. The summed E-state index contributed by atoms with van der Waals surface area (Å²) in [5.74, 6) is 0.780. The molecule has 3 aromatic rings. The van der Waals surface area contributed by atoms with Crippen LogP contribution in [0.2, 0.25) is 0 Å². The van der Waals surface area contributed by atoms with Crippen LogP contribution in [0.4, 0.5) is 0 Å². The van der Waals surface area contributed by atoms with E-state index in [1.54, 1.807) is 9.56 Å². The van der Waals surface area contributed by atoms with E-state index in [2.05, 4.69) is 50.3 Å². The highest BCUT2D eigenvalue weighted by Gasteiger charge is 2.44. The number of H-pyrrole nitrogens is 1. The zero-order valence-corrected chi connectivity index (χ0v) is 17.8. The van der Waals surface area contributed by atoms with Crippen molar-refractivity contribution in [2.75, 3.05) is 13.2 Å². The number of hydrogen-bond donors (Lipinski definition) is 1. The Hall–Kier alpha value is -2.10. The number of aromatic nitrogens is 6. The molecule has 0 saturated carbocycles. The van der Waals surface area contributed by atoms with Crippen molar-refractivity contribution in [3.8, 4) is 0 Å². The fourth-order valence-corrected chi connectivity index (χ4v) is 5.84. The molecule has 29 heavy (non-hydrogen) atoms. The Labute approximate surface area is 174 Å². The first-order valence-electron chi connectivity index (χ1n) is 10.4. The number of ether oxygens (including phenoxy) is 1. The van der Waals surface area contributed by atoms with Crippen molar-refractivity contribution in [2.45, 2.75) is 64.3 Å². The van der Waals surface area contributed by atoms with Crippen LogP contribution < -0.4 is 0 Å². The van der Waals surface area contributed by atoms with Crippen molar-refractivity contribution < 1.29 is 4.74 Å². The number of nitrogens with one attached hydrogen (secondary N) is 1. The standard InChI is InChI=1S/C20H27N7OS/c1-3-16-8-17-18(29-16)4-7-28-20(17)5-6-26(14(2)9-20)10-15-11-27(25-23-15)12-19-21-13-22-24-19/h8,11,13-14H,3-7,9-10,12H2,1-2H3,(H,21,22,24)/t14-,20+/m0/s1. The van der Waals surface area contributed by atoms with Gasteiger partial charge in [0.05, 0.1) is 24.1 Å². The highest BCUT2D eigenvalue weighted by molar-refractivity contribution is 7.12. The monoisotopic (exact) mass is 413 g/mol. The number of rotatable bonds is 5. The van der Waals surface area contributed by atoms with E-state index in [1.807, 2.05) is 17.5 Å². The minimum Gasteiger partial charge on any atom is -0.370 e. The molecular formula is C20H27N7OS. The number of hydrogen-bond acceptors (Lipinski definition) is 7. The van der Waals surface area contributed by atoms with Gasteiger partial charge in [-0.05, 0) is 37.8 Å². The lowest BCUT2D eigenvalue weighted by Gasteiger charge is -2.47. The van der Waals surface area contributed by atoms with E-state index in [0.717, 1.165) is 56.9 Å². The maximum Gasteiger partial charge on any atom is 0.146 e. The van der Waals surface area contributed by atoms with E-state index in [0.29, 0.717) is 12.6 Å². The maximum absolute atomic E-state index is 6.45. The van der Waals surface area contributed by atoms with Crippen molar-refractivity contribution in [1.29, 1.82) is 0 Å². The number of fused-ring (bicyclic) bond motifs is 2. The molecule has 0 aromatic carbocycles. The normalized spacial score (nSPS) is 24.8. The van der Waals surface area contributed by atoms with Crippen molar-refractivity contribution in [1.82, 2.24) is 35.1 Å². The summed E-state index contributed by atoms with van der Waals surface area (Å²) in [5.41, 5.74) is 2.36. The van der Waals surface area contributed by atoms with Gasteiger partial charge in [-0.2, -0.15) is 5.10 Å². The lowest BCUT2D eigenvalue weighted by molar-refractivity contribution is -0.112. The van der Waals surface area contributed by atoms with Crippen LogP contribution >= 0.6 is 11.3 Å². The number of piperidine rings is 1. The minimum absolute atomic E-state index is 0.0999. The SMILES string of the molecule is CCc1cc2c(s1)CCO[C@@]21CCN(Cc2cn(Cc3ncn[nH]3)nn2)[C@@H](C)C1. The second-order valence-corrected chi connectivity index (χ2v) is 9.33. The van der Waals surface area contributed by atoms with E-state index in [1.165, 1.54) is 16.8 Å². The molecule has 1 N–H and O–H groups in total. The Bertz CT molecular complexity index is 966. The molecule has 1 spiro atoms. The molecule has 0 aliphatic carbocycles. The fourth-order valence-electron chi connectivity index (χ4n) is 4.67. The summed E-state index contributed by atoms with van der Waals surface area (Å²) >= 11 is 1.98. The Morgan fingerprint density at radius 3 is 3.10 bits per heavy atom. The van der Waals surface area contributed by atoms with Crippen LogP contribution in [0.5, 0.6) is 0 Å². The Balaban J connectivity index is 1.27. The molecule has 9 heteroatoms. The Kier molecular flexibility index (Phi) is 4.97. The third kappa shape index (κ3) is 3.62. The molecular weight excluding hydrogens is 386 g/mol. The van der Waals surface area contributed by atoms with Gasteiger partial charge in [-0.3, -0.25) is 10.00 Å². The molecule has 0 bridgehead atoms. The van der Waals surface area contributed by atoms with Crippen LogP contribution in [0.3, 0.4) is 0 Å². The van der Waals surface area contributed by atoms with Crippen molar-refractivity contribution in [2.24, 2.45) is 0 Å². The average molecular weight is 414 g/mol. The van der Waals surface area contributed by atoms with Gasteiger partial charge >= 0.3 is 0 Å². The quantitative estimate of drug-likeness (QED) is 0.692.